The summed E-state index contributed by atoms with van der Waals surface area (Å²) in [5.41, 5.74) is 5.68. The lowest BCUT2D eigenvalue weighted by Gasteiger charge is -2.18. The molecule has 762 valence electrons. The second kappa shape index (κ2) is 61.6. The fourth-order valence-electron chi connectivity index (χ4n) is 13.4. The van der Waals surface area contributed by atoms with Crippen LogP contribution in [0.25, 0.3) is 0 Å². The first-order valence-electron chi connectivity index (χ1n) is 46.6. The normalized spacial score (nSPS) is 14.0. The van der Waals surface area contributed by atoms with E-state index in [1.165, 1.54) is 18.2 Å². The monoisotopic (exact) mass is 2020 g/mol. The molecule has 0 saturated heterocycles. The van der Waals surface area contributed by atoms with Crippen molar-refractivity contribution in [2.24, 2.45) is 32.5 Å². The zero-order valence-corrected chi connectivity index (χ0v) is 91.4. The molecule has 0 spiro atoms. The summed E-state index contributed by atoms with van der Waals surface area (Å²) in [6.45, 7) is 55.6. The minimum absolute atomic E-state index is 0.0345. The summed E-state index contributed by atoms with van der Waals surface area (Å²) in [6, 6.07) is 44.7. The highest BCUT2D eigenvalue weighted by atomic mass is 35.5. The van der Waals surface area contributed by atoms with Crippen molar-refractivity contribution in [1.29, 1.82) is 0 Å². The van der Waals surface area contributed by atoms with Crippen LogP contribution in [0, 0.1) is 44.1 Å². The molecule has 0 radical (unpaired) electrons. The molecular weight excluding hydrogens is 1850 g/mol. The van der Waals surface area contributed by atoms with Crippen molar-refractivity contribution in [2.75, 3.05) is 155 Å². The minimum atomic E-state index is -3.21. The molecule has 0 fully saturated rings. The lowest BCUT2D eigenvalue weighted by Crippen LogP contribution is -2.20. The number of sulfone groups is 6. The molecule has 0 aliphatic rings. The van der Waals surface area contributed by atoms with E-state index in [0.29, 0.717) is 139 Å². The average molecular weight is 2020 g/mol. The molecule has 0 heterocycles. The van der Waals surface area contributed by atoms with E-state index in [1.807, 2.05) is 126 Å². The SMILES string of the molecule is CC[C@@H](CS(=O)(=O)CCCOCC(C)(C)C)c1ccccc1.COc1ccccc1[C@@H](C)CS(=O)(=O)CCCOCC(C)(C)C.C[C@@H](CS(=O)(=O)CCCOCC(C)(C)C)c1cccc(Cl)c1.C[C@@H](CS(=O)(=O)CCCOCC(C)(C)C)c1cccc(F)c1.C[C@@H](CS(=O)(=O)CCCOCC(C)(C)C)c1ccccc1Cl.C[C@@H](CS(=O)(=O)CCCOCC(C)(C)C)c1ccccc1F. The number of rotatable bonds is 50. The minimum Gasteiger partial charge on any atom is -0.496 e. The third-order valence-electron chi connectivity index (χ3n) is 19.8. The summed E-state index contributed by atoms with van der Waals surface area (Å²) < 4.78 is 211. The molecule has 0 aliphatic carbocycles. The Bertz CT molecular complexity index is 4730. The standard InChI is InChI=1S/C18H30O4S.C18H30O3S.2C17H27ClO3S.2C17H27FO3S/c1-15(16-9-6-7-10-17(16)21-5)13-23(19,20)12-8-11-22-14-18(2,3)4;1-5-16(17-10-7-6-8-11-17)14-22(19,20)13-9-12-21-15-18(2,3)4;1-14(15-7-5-8-16(18)11-15)12-22(19,20)10-6-9-21-13-17(2,3)4;1-14(15-8-5-6-9-16(15)18)12-22(19,20)11-7-10-21-13-17(2,3)4;1-14(15-7-5-8-16(18)11-15)12-22(19,20)10-6-9-21-13-17(2,3)4;1-14(15-8-5-6-9-16(15)18)12-22(19,20)11-7-10-21-13-17(2,3)4/h6-7,9-10,15H,8,11-14H2,1-5H3;6-8,10-11,16H,5,9,12-15H2,1-4H3;5,7-8,11,14H,6,9-10,12-13H2,1-4H3;5-6,8-9,14H,7,10-13H2,1-4H3;5,7-8,11,14H,6,9-10,12-13H2,1-4H3;5-6,8-9,14H,7,10-13H2,1-4H3/t15-;16-;4*14-/m000000/s1. The maximum Gasteiger partial charge on any atom is 0.151 e. The number of benzene rings is 6. The molecule has 6 atom stereocenters. The van der Waals surface area contributed by atoms with Crippen LogP contribution < -0.4 is 4.74 Å². The third-order valence-corrected chi connectivity index (χ3v) is 31.8. The van der Waals surface area contributed by atoms with Crippen LogP contribution in [0.4, 0.5) is 8.78 Å². The zero-order chi connectivity index (χ0) is 101. The smallest absolute Gasteiger partial charge is 0.151 e. The second-order valence-electron chi connectivity index (χ2n) is 42.4. The van der Waals surface area contributed by atoms with Crippen molar-refractivity contribution < 1.29 is 92.4 Å². The van der Waals surface area contributed by atoms with Gasteiger partial charge in [-0.05, 0) is 189 Å². The van der Waals surface area contributed by atoms with Gasteiger partial charge in [0.15, 0.2) is 59.0 Å². The molecule has 6 aromatic carbocycles. The molecule has 0 amide bonds. The van der Waals surface area contributed by atoms with Crippen molar-refractivity contribution in [3.8, 4) is 5.75 Å². The molecule has 0 saturated carbocycles. The average Bonchev–Trinajstić information content (AvgIpc) is 0.882. The molecule has 0 bridgehead atoms. The summed E-state index contributed by atoms with van der Waals surface area (Å²) in [5, 5.41) is 1.26. The Morgan fingerprint density at radius 1 is 0.301 bits per heavy atom. The van der Waals surface area contributed by atoms with E-state index < -0.39 is 59.0 Å². The molecule has 6 rings (SSSR count). The van der Waals surface area contributed by atoms with Gasteiger partial charge in [-0.2, -0.15) is 0 Å². The first kappa shape index (κ1) is 126. The van der Waals surface area contributed by atoms with Gasteiger partial charge in [-0.3, -0.25) is 0 Å². The zero-order valence-electron chi connectivity index (χ0n) is 85.0. The van der Waals surface area contributed by atoms with E-state index in [9.17, 15) is 59.3 Å². The van der Waals surface area contributed by atoms with E-state index in [4.69, 9.17) is 56.4 Å². The number of hydrogen-bond donors (Lipinski definition) is 0. The molecule has 0 aromatic heterocycles. The lowest BCUT2D eigenvalue weighted by molar-refractivity contribution is 0.0720. The second-order valence-corrected chi connectivity index (χ2v) is 56.6. The summed E-state index contributed by atoms with van der Waals surface area (Å²) >= 11 is 12.1. The predicted molar refractivity (Wildman–Crippen MR) is 552 cm³/mol. The maximum atomic E-state index is 13.7. The fourth-order valence-corrected chi connectivity index (χ4v) is 24.0. The van der Waals surface area contributed by atoms with Crippen LogP contribution >= 0.6 is 23.2 Å². The Morgan fingerprint density at radius 2 is 0.571 bits per heavy atom. The van der Waals surface area contributed by atoms with E-state index >= 15 is 0 Å². The van der Waals surface area contributed by atoms with Crippen molar-refractivity contribution in [3.05, 3.63) is 207 Å². The number of ether oxygens (including phenoxy) is 7. The van der Waals surface area contributed by atoms with Crippen LogP contribution in [0.2, 0.25) is 10.0 Å². The highest BCUT2D eigenvalue weighted by Gasteiger charge is 2.27. The topological polar surface area (TPSA) is 269 Å². The summed E-state index contributed by atoms with van der Waals surface area (Å²) in [6.07, 6.45) is 4.00. The molecule has 0 aliphatic heterocycles. The van der Waals surface area contributed by atoms with Gasteiger partial charge in [0.05, 0.1) is 116 Å². The van der Waals surface area contributed by atoms with Crippen LogP contribution in [0.15, 0.2) is 152 Å². The van der Waals surface area contributed by atoms with Crippen molar-refractivity contribution in [3.63, 3.8) is 0 Å². The van der Waals surface area contributed by atoms with Crippen molar-refractivity contribution in [1.82, 2.24) is 0 Å². The molecule has 133 heavy (non-hydrogen) atoms. The van der Waals surface area contributed by atoms with Crippen LogP contribution in [-0.4, -0.2) is 206 Å². The predicted octanol–water partition coefficient (Wildman–Crippen LogP) is 23.9. The molecule has 6 aromatic rings. The largest absolute Gasteiger partial charge is 0.496 e. The first-order valence-corrected chi connectivity index (χ1v) is 58.3. The number of hydrogen-bond acceptors (Lipinski definition) is 19. The van der Waals surface area contributed by atoms with Gasteiger partial charge < -0.3 is 33.2 Å². The third kappa shape index (κ3) is 65.6. The van der Waals surface area contributed by atoms with Gasteiger partial charge in [-0.15, -0.1) is 0 Å². The fraction of sp³-hybridized carbons (Fsp3) is 0.654. The van der Waals surface area contributed by atoms with Gasteiger partial charge in [0.2, 0.25) is 0 Å². The number of halogens is 4. The molecule has 19 nitrogen and oxygen atoms in total. The summed E-state index contributed by atoms with van der Waals surface area (Å²) in [5.74, 6) is 0.849. The van der Waals surface area contributed by atoms with Crippen molar-refractivity contribution >= 4 is 82.2 Å². The lowest BCUT2D eigenvalue weighted by atomic mass is 9.99. The first-order chi connectivity index (χ1) is 61.3. The Morgan fingerprint density at radius 3 is 0.887 bits per heavy atom. The van der Waals surface area contributed by atoms with Gasteiger partial charge in [0, 0.05) is 49.7 Å². The molecule has 0 unspecified atom stereocenters. The Balaban J connectivity index is 0.000000798. The summed E-state index contributed by atoms with van der Waals surface area (Å²) in [4.78, 5) is 0. The number of methoxy groups -OCH3 is 1. The van der Waals surface area contributed by atoms with Gasteiger partial charge in [0.25, 0.3) is 0 Å². The van der Waals surface area contributed by atoms with Gasteiger partial charge in [-0.1, -0.05) is 299 Å². The van der Waals surface area contributed by atoms with Crippen LogP contribution in [-0.2, 0) is 87.4 Å². The highest BCUT2D eigenvalue weighted by Crippen LogP contribution is 2.31. The highest BCUT2D eigenvalue weighted by molar-refractivity contribution is 7.92. The van der Waals surface area contributed by atoms with Gasteiger partial charge in [-0.25, -0.2) is 59.3 Å². The maximum absolute atomic E-state index is 13.7. The van der Waals surface area contributed by atoms with E-state index in [2.05, 4.69) is 125 Å². The Labute approximate surface area is 815 Å². The Hall–Kier alpha value is -4.98. The van der Waals surface area contributed by atoms with Crippen LogP contribution in [0.5, 0.6) is 5.75 Å². The van der Waals surface area contributed by atoms with Crippen molar-refractivity contribution in [2.45, 2.75) is 247 Å². The van der Waals surface area contributed by atoms with Gasteiger partial charge >= 0.3 is 0 Å². The van der Waals surface area contributed by atoms with Crippen LogP contribution in [0.1, 0.15) is 280 Å². The molecular formula is C104H168Cl2F2O19S6. The van der Waals surface area contributed by atoms with E-state index in [1.54, 1.807) is 56.5 Å². The quantitative estimate of drug-likeness (QED) is 0.0321. The van der Waals surface area contributed by atoms with Crippen LogP contribution in [0.3, 0.4) is 0 Å². The van der Waals surface area contributed by atoms with Gasteiger partial charge in [0.1, 0.15) is 17.4 Å². The van der Waals surface area contributed by atoms with E-state index in [-0.39, 0.29) is 149 Å². The summed E-state index contributed by atoms with van der Waals surface area (Å²) in [7, 11) is -17.1. The Kier molecular flexibility index (Phi) is 58.3. The molecule has 0 N–H and O–H groups in total. The molecule has 29 heteroatoms. The number of para-hydroxylation sites is 1. The van der Waals surface area contributed by atoms with E-state index in [0.717, 1.165) is 34.4 Å².